The normalized spacial score (nSPS) is 11.3. The highest BCUT2D eigenvalue weighted by Crippen LogP contribution is 2.19. The summed E-state index contributed by atoms with van der Waals surface area (Å²) in [4.78, 5) is 23.3. The van der Waals surface area contributed by atoms with E-state index in [-0.39, 0.29) is 11.5 Å². The van der Waals surface area contributed by atoms with Crippen LogP contribution in [0.1, 0.15) is 36.8 Å². The van der Waals surface area contributed by atoms with E-state index in [1.807, 2.05) is 26.0 Å². The molecule has 0 saturated carbocycles. The Labute approximate surface area is 115 Å². The van der Waals surface area contributed by atoms with Gasteiger partial charge >= 0.3 is 0 Å². The van der Waals surface area contributed by atoms with Crippen LogP contribution in [0.2, 0.25) is 0 Å². The average molecular weight is 269 g/mol. The maximum Gasteiger partial charge on any atom is 0.279 e. The number of pyridine rings is 1. The Hall–Kier alpha value is -2.50. The van der Waals surface area contributed by atoms with Crippen molar-refractivity contribution in [3.05, 3.63) is 52.0 Å². The number of nitrogens with one attached hydrogen (secondary N) is 2. The van der Waals surface area contributed by atoms with Crippen molar-refractivity contribution >= 4 is 11.0 Å². The van der Waals surface area contributed by atoms with Crippen molar-refractivity contribution in [1.82, 2.24) is 25.1 Å². The lowest BCUT2D eigenvalue weighted by molar-refractivity contribution is 0.814. The number of hydrogen-bond acceptors (Lipinski definition) is 4. The highest BCUT2D eigenvalue weighted by atomic mass is 16.1. The zero-order chi connectivity index (χ0) is 14.1. The fraction of sp³-hybridized carbons (Fsp3) is 0.286. The van der Waals surface area contributed by atoms with Crippen LogP contribution in [0.5, 0.6) is 0 Å². The zero-order valence-corrected chi connectivity index (χ0v) is 11.3. The predicted molar refractivity (Wildman–Crippen MR) is 75.6 cm³/mol. The first-order valence-electron chi connectivity index (χ1n) is 6.51. The number of H-pyrrole nitrogens is 2. The molecule has 3 aromatic heterocycles. The Bertz CT molecular complexity index is 788. The lowest BCUT2D eigenvalue weighted by atomic mass is 10.1. The van der Waals surface area contributed by atoms with Gasteiger partial charge in [-0.25, -0.2) is 4.98 Å². The largest absolute Gasteiger partial charge is 0.308 e. The first-order chi connectivity index (χ1) is 9.65. The molecule has 2 N–H and O–H groups in total. The predicted octanol–water partition coefficient (Wildman–Crippen LogP) is 1.76. The maximum absolute atomic E-state index is 12.0. The summed E-state index contributed by atoms with van der Waals surface area (Å²) in [5.74, 6) is 0.875. The molecule has 0 spiro atoms. The molecule has 0 fully saturated rings. The Morgan fingerprint density at radius 2 is 1.95 bits per heavy atom. The van der Waals surface area contributed by atoms with Crippen molar-refractivity contribution in [2.45, 2.75) is 26.2 Å². The molecule has 3 rings (SSSR count). The Morgan fingerprint density at radius 1 is 1.20 bits per heavy atom. The second kappa shape index (κ2) is 4.88. The number of hydrogen-bond donors (Lipinski definition) is 2. The van der Waals surface area contributed by atoms with Gasteiger partial charge in [-0.1, -0.05) is 13.8 Å². The molecule has 0 aliphatic carbocycles. The van der Waals surface area contributed by atoms with Gasteiger partial charge in [0.05, 0.1) is 5.69 Å². The third kappa shape index (κ3) is 2.20. The molecule has 0 saturated heterocycles. The van der Waals surface area contributed by atoms with E-state index in [4.69, 9.17) is 0 Å². The van der Waals surface area contributed by atoms with Crippen LogP contribution in [-0.2, 0) is 6.42 Å². The molecule has 0 radical (unpaired) electrons. The molecule has 3 aromatic rings. The van der Waals surface area contributed by atoms with Crippen molar-refractivity contribution in [1.29, 1.82) is 0 Å². The van der Waals surface area contributed by atoms with Gasteiger partial charge in [0.2, 0.25) is 0 Å². The van der Waals surface area contributed by atoms with E-state index in [1.165, 1.54) is 0 Å². The van der Waals surface area contributed by atoms with Gasteiger partial charge in [-0.3, -0.25) is 14.9 Å². The summed E-state index contributed by atoms with van der Waals surface area (Å²) in [6.45, 7) is 4.08. The van der Waals surface area contributed by atoms with E-state index in [9.17, 15) is 4.79 Å². The molecule has 6 nitrogen and oxygen atoms in total. The van der Waals surface area contributed by atoms with Crippen LogP contribution in [0.15, 0.2) is 29.3 Å². The molecule has 3 heterocycles. The summed E-state index contributed by atoms with van der Waals surface area (Å²) in [6.07, 6.45) is 4.02. The van der Waals surface area contributed by atoms with Crippen LogP contribution in [0, 0.1) is 0 Å². The number of nitrogens with zero attached hydrogens (tertiary/aromatic N) is 3. The van der Waals surface area contributed by atoms with Gasteiger partial charge in [-0.15, -0.1) is 0 Å². The van der Waals surface area contributed by atoms with Gasteiger partial charge in [-0.2, -0.15) is 5.10 Å². The smallest absolute Gasteiger partial charge is 0.279 e. The molecule has 0 aliphatic rings. The third-order valence-electron chi connectivity index (χ3n) is 3.19. The molecule has 102 valence electrons. The minimum absolute atomic E-state index is 0.206. The SMILES string of the molecule is CC(C)c1[nH]nc2c(=O)[nH]c(Cc3ccncc3)nc12. The summed E-state index contributed by atoms with van der Waals surface area (Å²) >= 11 is 0. The summed E-state index contributed by atoms with van der Waals surface area (Å²) < 4.78 is 0. The van der Waals surface area contributed by atoms with Crippen molar-refractivity contribution in [3.8, 4) is 0 Å². The van der Waals surface area contributed by atoms with Gasteiger partial charge in [0.15, 0.2) is 5.52 Å². The van der Waals surface area contributed by atoms with Gasteiger partial charge < -0.3 is 4.98 Å². The summed E-state index contributed by atoms with van der Waals surface area (Å²) in [5, 5.41) is 6.95. The number of aromatic nitrogens is 5. The highest BCUT2D eigenvalue weighted by molar-refractivity contribution is 5.76. The maximum atomic E-state index is 12.0. The quantitative estimate of drug-likeness (QED) is 0.758. The lowest BCUT2D eigenvalue weighted by Gasteiger charge is -2.03. The molecule has 20 heavy (non-hydrogen) atoms. The van der Waals surface area contributed by atoms with Gasteiger partial charge in [0, 0.05) is 18.8 Å². The highest BCUT2D eigenvalue weighted by Gasteiger charge is 2.14. The van der Waals surface area contributed by atoms with E-state index in [1.54, 1.807) is 12.4 Å². The molecular weight excluding hydrogens is 254 g/mol. The molecule has 6 heteroatoms. The average Bonchev–Trinajstić information content (AvgIpc) is 2.84. The standard InChI is InChI=1S/C14H15N5O/c1-8(2)11-12-13(19-18-11)14(20)17-10(16-12)7-9-3-5-15-6-4-9/h3-6,8H,7H2,1-2H3,(H,18,19)(H,16,17,20). The molecule has 0 bridgehead atoms. The van der Waals surface area contributed by atoms with Crippen molar-refractivity contribution in [2.24, 2.45) is 0 Å². The molecular formula is C14H15N5O. The van der Waals surface area contributed by atoms with E-state index in [0.29, 0.717) is 23.3 Å². The summed E-state index contributed by atoms with van der Waals surface area (Å²) in [5.41, 5.74) is 2.77. The van der Waals surface area contributed by atoms with E-state index in [2.05, 4.69) is 25.1 Å². The minimum atomic E-state index is -0.206. The number of fused-ring (bicyclic) bond motifs is 1. The van der Waals surface area contributed by atoms with Crippen LogP contribution in [-0.4, -0.2) is 25.1 Å². The fourth-order valence-electron chi connectivity index (χ4n) is 2.15. The molecule has 0 unspecified atom stereocenters. The van der Waals surface area contributed by atoms with Crippen LogP contribution in [0.4, 0.5) is 0 Å². The van der Waals surface area contributed by atoms with Gasteiger partial charge in [0.1, 0.15) is 11.3 Å². The lowest BCUT2D eigenvalue weighted by Crippen LogP contribution is -2.12. The Kier molecular flexibility index (Phi) is 3.06. The zero-order valence-electron chi connectivity index (χ0n) is 11.3. The van der Waals surface area contributed by atoms with Crippen molar-refractivity contribution in [2.75, 3.05) is 0 Å². The monoisotopic (exact) mass is 269 g/mol. The van der Waals surface area contributed by atoms with Crippen LogP contribution in [0.25, 0.3) is 11.0 Å². The van der Waals surface area contributed by atoms with E-state index < -0.39 is 0 Å². The number of rotatable bonds is 3. The molecule has 0 aromatic carbocycles. The second-order valence-corrected chi connectivity index (χ2v) is 5.03. The first-order valence-corrected chi connectivity index (χ1v) is 6.51. The topological polar surface area (TPSA) is 87.3 Å². The van der Waals surface area contributed by atoms with Gasteiger partial charge in [0.25, 0.3) is 5.56 Å². The van der Waals surface area contributed by atoms with Gasteiger partial charge in [-0.05, 0) is 23.6 Å². The van der Waals surface area contributed by atoms with Crippen LogP contribution >= 0.6 is 0 Å². The fourth-order valence-corrected chi connectivity index (χ4v) is 2.15. The van der Waals surface area contributed by atoms with Crippen molar-refractivity contribution in [3.63, 3.8) is 0 Å². The first kappa shape index (κ1) is 12.5. The molecule has 0 amide bonds. The third-order valence-corrected chi connectivity index (χ3v) is 3.19. The van der Waals surface area contributed by atoms with E-state index in [0.717, 1.165) is 11.3 Å². The number of aromatic amines is 2. The second-order valence-electron chi connectivity index (χ2n) is 5.03. The Balaban J connectivity index is 2.09. The Morgan fingerprint density at radius 3 is 2.65 bits per heavy atom. The molecule has 0 atom stereocenters. The summed E-state index contributed by atoms with van der Waals surface area (Å²) in [7, 11) is 0. The van der Waals surface area contributed by atoms with Crippen molar-refractivity contribution < 1.29 is 0 Å². The van der Waals surface area contributed by atoms with Crippen LogP contribution in [0.3, 0.4) is 0 Å². The minimum Gasteiger partial charge on any atom is -0.308 e. The summed E-state index contributed by atoms with van der Waals surface area (Å²) in [6, 6.07) is 3.81. The van der Waals surface area contributed by atoms with Crippen LogP contribution < -0.4 is 5.56 Å². The van der Waals surface area contributed by atoms with E-state index >= 15 is 0 Å². The molecule has 0 aliphatic heterocycles.